The normalized spacial score (nSPS) is 13.4. The van der Waals surface area contributed by atoms with E-state index in [1.807, 2.05) is 78.9 Å². The van der Waals surface area contributed by atoms with Crippen LogP contribution in [0.3, 0.4) is 0 Å². The predicted molar refractivity (Wildman–Crippen MR) is 190 cm³/mol. The van der Waals surface area contributed by atoms with E-state index in [4.69, 9.17) is 18.5 Å². The number of amides is 2. The first kappa shape index (κ1) is 40.1. The van der Waals surface area contributed by atoms with Gasteiger partial charge in [0.05, 0.1) is 6.61 Å². The van der Waals surface area contributed by atoms with Crippen LogP contribution in [0, 0.1) is 5.92 Å². The Morgan fingerprint density at radius 2 is 1.24 bits per heavy atom. The standard InChI is InChI=1S/C38H49N2O9P/c1-29(2)36(40-35(42)24-15-16-30(3)41)50(45,48-28-33-21-11-6-12-22-33)49-34(37(43)46-26-31-17-7-4-8-18-31)23-13-14-25-39-38(44)47-27-32-19-9-5-10-20-32/h4-12,17-22,29,34,36H,13-16,23-28H2,1-3H3,(H,39,44)(H,40,42)/t34-,36?,50?/m0/s1. The third-order valence-electron chi connectivity index (χ3n) is 7.60. The first-order valence-electron chi connectivity index (χ1n) is 17.0. The van der Waals surface area contributed by atoms with Crippen molar-refractivity contribution in [3.8, 4) is 0 Å². The van der Waals surface area contributed by atoms with E-state index in [-0.39, 0.29) is 51.4 Å². The molecule has 3 atom stereocenters. The molecule has 2 unspecified atom stereocenters. The van der Waals surface area contributed by atoms with E-state index >= 15 is 0 Å². The second kappa shape index (κ2) is 21.7. The van der Waals surface area contributed by atoms with Gasteiger partial charge in [-0.05, 0) is 55.2 Å². The van der Waals surface area contributed by atoms with Crippen LogP contribution in [-0.4, -0.2) is 42.2 Å². The summed E-state index contributed by atoms with van der Waals surface area (Å²) in [4.78, 5) is 50.1. The Balaban J connectivity index is 1.74. The summed E-state index contributed by atoms with van der Waals surface area (Å²) in [7, 11) is -4.26. The van der Waals surface area contributed by atoms with Gasteiger partial charge in [0.25, 0.3) is 0 Å². The molecule has 2 amide bonds. The summed E-state index contributed by atoms with van der Waals surface area (Å²) in [6.07, 6.45) is -0.288. The van der Waals surface area contributed by atoms with Crippen LogP contribution >= 0.6 is 7.60 Å². The number of esters is 1. The summed E-state index contributed by atoms with van der Waals surface area (Å²) in [5.41, 5.74) is 2.35. The molecule has 0 radical (unpaired) electrons. The molecule has 0 heterocycles. The highest BCUT2D eigenvalue weighted by molar-refractivity contribution is 7.54. The minimum absolute atomic E-state index is 0.0238. The molecule has 0 aliphatic rings. The van der Waals surface area contributed by atoms with Gasteiger partial charge in [0.15, 0.2) is 6.10 Å². The summed E-state index contributed by atoms with van der Waals surface area (Å²) in [5.74, 6) is -2.69. The molecule has 270 valence electrons. The smallest absolute Gasteiger partial charge is 0.407 e. The van der Waals surface area contributed by atoms with Gasteiger partial charge in [-0.15, -0.1) is 0 Å². The summed E-state index contributed by atoms with van der Waals surface area (Å²) >= 11 is 0. The fourth-order valence-electron chi connectivity index (χ4n) is 4.89. The number of Topliss-reactive ketones (excluding diaryl/α,β-unsaturated/α-hetero) is 1. The Morgan fingerprint density at radius 3 is 1.78 bits per heavy atom. The SMILES string of the molecule is CC(=O)CCCC(=O)NC(C(C)C)P(=O)(OCc1ccccc1)O[C@@H](CCCCNC(=O)OCc1ccccc1)C(=O)OCc1ccccc1. The number of carbonyl (C=O) groups excluding carboxylic acids is 4. The van der Waals surface area contributed by atoms with Crippen molar-refractivity contribution in [2.45, 2.75) is 91.0 Å². The second-order valence-corrected chi connectivity index (χ2v) is 14.4. The molecule has 0 saturated carbocycles. The van der Waals surface area contributed by atoms with Gasteiger partial charge in [-0.2, -0.15) is 0 Å². The van der Waals surface area contributed by atoms with Crippen molar-refractivity contribution in [1.82, 2.24) is 10.6 Å². The molecule has 0 bridgehead atoms. The summed E-state index contributed by atoms with van der Waals surface area (Å²) in [6, 6.07) is 27.5. The molecule has 11 nitrogen and oxygen atoms in total. The third-order valence-corrected chi connectivity index (χ3v) is 10.0. The highest BCUT2D eigenvalue weighted by Crippen LogP contribution is 2.56. The molecular weight excluding hydrogens is 659 g/mol. The zero-order valence-electron chi connectivity index (χ0n) is 29.1. The summed E-state index contributed by atoms with van der Waals surface area (Å²) in [6.45, 7) is 5.29. The van der Waals surface area contributed by atoms with Crippen LogP contribution in [0.4, 0.5) is 4.79 Å². The van der Waals surface area contributed by atoms with Gasteiger partial charge in [-0.1, -0.05) is 105 Å². The van der Waals surface area contributed by atoms with Gasteiger partial charge >= 0.3 is 19.7 Å². The Morgan fingerprint density at radius 1 is 0.700 bits per heavy atom. The molecule has 2 N–H and O–H groups in total. The molecule has 0 aromatic heterocycles. The maximum atomic E-state index is 14.8. The average molecular weight is 709 g/mol. The number of alkyl carbamates (subject to hydrolysis) is 1. The van der Waals surface area contributed by atoms with Crippen LogP contribution < -0.4 is 10.6 Å². The van der Waals surface area contributed by atoms with Gasteiger partial charge in [0.2, 0.25) is 5.91 Å². The molecule has 12 heteroatoms. The summed E-state index contributed by atoms with van der Waals surface area (Å²) in [5, 5.41) is 5.51. The number of carbonyl (C=O) groups is 4. The molecule has 3 rings (SSSR count). The lowest BCUT2D eigenvalue weighted by Crippen LogP contribution is -2.41. The van der Waals surface area contributed by atoms with Crippen molar-refractivity contribution >= 4 is 31.3 Å². The van der Waals surface area contributed by atoms with Gasteiger partial charge < -0.3 is 29.4 Å². The minimum Gasteiger partial charge on any atom is -0.459 e. The van der Waals surface area contributed by atoms with Gasteiger partial charge in [-0.3, -0.25) is 13.9 Å². The monoisotopic (exact) mass is 708 g/mol. The highest BCUT2D eigenvalue weighted by Gasteiger charge is 2.43. The minimum atomic E-state index is -4.26. The number of ether oxygens (including phenoxy) is 2. The van der Waals surface area contributed by atoms with Crippen LogP contribution in [0.5, 0.6) is 0 Å². The number of hydrogen-bond donors (Lipinski definition) is 2. The van der Waals surface area contributed by atoms with E-state index in [1.165, 1.54) is 6.92 Å². The molecular formula is C38H49N2O9P. The van der Waals surface area contributed by atoms with Gasteiger partial charge in [0.1, 0.15) is 24.8 Å². The highest BCUT2D eigenvalue weighted by atomic mass is 31.2. The molecule has 50 heavy (non-hydrogen) atoms. The molecule has 3 aromatic carbocycles. The maximum absolute atomic E-state index is 14.8. The summed E-state index contributed by atoms with van der Waals surface area (Å²) < 4.78 is 37.9. The van der Waals surface area contributed by atoms with E-state index < -0.39 is 43.4 Å². The number of hydrogen-bond acceptors (Lipinski definition) is 9. The van der Waals surface area contributed by atoms with Crippen LogP contribution in [0.1, 0.15) is 76.0 Å². The van der Waals surface area contributed by atoms with Crippen molar-refractivity contribution in [3.05, 3.63) is 108 Å². The van der Waals surface area contributed by atoms with E-state index in [0.717, 1.165) is 16.7 Å². The number of nitrogens with one attached hydrogen (secondary N) is 2. The molecule has 0 saturated heterocycles. The maximum Gasteiger partial charge on any atom is 0.407 e. The van der Waals surface area contributed by atoms with Gasteiger partial charge in [0, 0.05) is 19.4 Å². The fraction of sp³-hybridized carbons (Fsp3) is 0.421. The van der Waals surface area contributed by atoms with E-state index in [9.17, 15) is 23.7 Å². The molecule has 0 spiro atoms. The second-order valence-electron chi connectivity index (χ2n) is 12.3. The Kier molecular flexibility index (Phi) is 17.4. The predicted octanol–water partition coefficient (Wildman–Crippen LogP) is 7.48. The Bertz CT molecular complexity index is 1520. The number of unbranched alkanes of at least 4 members (excludes halogenated alkanes) is 1. The average Bonchev–Trinajstić information content (AvgIpc) is 3.11. The topological polar surface area (TPSA) is 146 Å². The van der Waals surface area contributed by atoms with Crippen LogP contribution in [0.25, 0.3) is 0 Å². The molecule has 0 aliphatic heterocycles. The largest absolute Gasteiger partial charge is 0.459 e. The van der Waals surface area contributed by atoms with Crippen molar-refractivity contribution in [2.24, 2.45) is 5.92 Å². The fourth-order valence-corrected chi connectivity index (χ4v) is 7.15. The van der Waals surface area contributed by atoms with Crippen molar-refractivity contribution in [2.75, 3.05) is 6.54 Å². The first-order chi connectivity index (χ1) is 24.1. The van der Waals surface area contributed by atoms with Crippen molar-refractivity contribution in [1.29, 1.82) is 0 Å². The van der Waals surface area contributed by atoms with E-state index in [2.05, 4.69) is 10.6 Å². The molecule has 3 aromatic rings. The van der Waals surface area contributed by atoms with Crippen molar-refractivity contribution < 1.29 is 42.3 Å². The van der Waals surface area contributed by atoms with Gasteiger partial charge in [-0.25, -0.2) is 9.59 Å². The lowest BCUT2D eigenvalue weighted by Gasteiger charge is -2.32. The lowest BCUT2D eigenvalue weighted by molar-refractivity contribution is -0.154. The third kappa shape index (κ3) is 15.1. The van der Waals surface area contributed by atoms with Crippen LogP contribution in [-0.2, 0) is 57.3 Å². The zero-order chi connectivity index (χ0) is 36.2. The quantitative estimate of drug-likeness (QED) is 0.0616. The first-order valence-corrected chi connectivity index (χ1v) is 18.6. The van der Waals surface area contributed by atoms with Crippen molar-refractivity contribution in [3.63, 3.8) is 0 Å². The van der Waals surface area contributed by atoms with E-state index in [1.54, 1.807) is 26.0 Å². The Labute approximate surface area is 295 Å². The van der Waals surface area contributed by atoms with E-state index in [0.29, 0.717) is 19.3 Å². The molecule has 0 aliphatic carbocycles. The molecule has 0 fully saturated rings. The Hall–Kier alpha value is -4.31. The number of ketones is 1. The van der Waals surface area contributed by atoms with Crippen LogP contribution in [0.2, 0.25) is 0 Å². The lowest BCUT2D eigenvalue weighted by atomic mass is 10.1. The number of rotatable bonds is 22. The number of benzene rings is 3. The van der Waals surface area contributed by atoms with Crippen LogP contribution in [0.15, 0.2) is 91.0 Å². The zero-order valence-corrected chi connectivity index (χ0v) is 30.0.